The van der Waals surface area contributed by atoms with E-state index in [-0.39, 0.29) is 0 Å². The van der Waals surface area contributed by atoms with Gasteiger partial charge in [-0.15, -0.1) is 0 Å². The summed E-state index contributed by atoms with van der Waals surface area (Å²) in [7, 11) is 0. The fourth-order valence-electron chi connectivity index (χ4n) is 1.00. The van der Waals surface area contributed by atoms with Gasteiger partial charge in [0.1, 0.15) is 5.92 Å². The van der Waals surface area contributed by atoms with Crippen LogP contribution in [0, 0.1) is 5.92 Å². The molecule has 4 nitrogen and oxygen atoms in total. The molecule has 1 fully saturated rings. The molecule has 0 aliphatic carbocycles. The van der Waals surface area contributed by atoms with Crippen molar-refractivity contribution in [1.82, 2.24) is 0 Å². The summed E-state index contributed by atoms with van der Waals surface area (Å²) in [6, 6.07) is 0. The highest BCUT2D eigenvalue weighted by atomic mass is 16.7. The van der Waals surface area contributed by atoms with Crippen LogP contribution in [0.5, 0.6) is 0 Å². The van der Waals surface area contributed by atoms with Gasteiger partial charge in [0.2, 0.25) is 0 Å². The number of carboxylic acid groups (broad SMARTS) is 1. The van der Waals surface area contributed by atoms with Crippen LogP contribution >= 0.6 is 0 Å². The largest absolute Gasteiger partial charge is 0.481 e. The zero-order valence-corrected chi connectivity index (χ0v) is 6.66. The van der Waals surface area contributed by atoms with Crippen LogP contribution in [-0.2, 0) is 14.3 Å². The van der Waals surface area contributed by atoms with Crippen LogP contribution in [0.25, 0.3) is 0 Å². The number of aliphatic carboxylic acids is 1. The normalized spacial score (nSPS) is 24.9. The third-order valence-electron chi connectivity index (χ3n) is 2.02. The van der Waals surface area contributed by atoms with Crippen LogP contribution in [0.4, 0.5) is 0 Å². The first-order chi connectivity index (χ1) is 5.06. The molecule has 0 bridgehead atoms. The fraction of sp³-hybridized carbons (Fsp3) is 0.857. The maximum atomic E-state index is 10.5. The Morgan fingerprint density at radius 2 is 2.00 bits per heavy atom. The molecule has 1 aliphatic rings. The maximum Gasteiger partial charge on any atom is 0.311 e. The molecule has 64 valence electrons. The molecule has 1 atom stereocenters. The lowest BCUT2D eigenvalue weighted by atomic mass is 10.0. The maximum absolute atomic E-state index is 10.5. The molecule has 1 rings (SSSR count). The summed E-state index contributed by atoms with van der Waals surface area (Å²) in [5.41, 5.74) is 0. The van der Waals surface area contributed by atoms with Crippen molar-refractivity contribution < 1.29 is 19.4 Å². The van der Waals surface area contributed by atoms with Gasteiger partial charge in [0, 0.05) is 0 Å². The molecule has 0 aromatic rings. The SMILES string of the molecule is C[C@H](C(=O)O)C1(C)OCCO1. The van der Waals surface area contributed by atoms with Crippen LogP contribution in [0.15, 0.2) is 0 Å². The van der Waals surface area contributed by atoms with Crippen molar-refractivity contribution in [3.05, 3.63) is 0 Å². The molecule has 4 heteroatoms. The van der Waals surface area contributed by atoms with Crippen molar-refractivity contribution in [2.24, 2.45) is 5.92 Å². The molecule has 0 unspecified atom stereocenters. The Kier molecular flexibility index (Phi) is 2.15. The number of carboxylic acids is 1. The van der Waals surface area contributed by atoms with Crippen molar-refractivity contribution in [3.8, 4) is 0 Å². The van der Waals surface area contributed by atoms with Gasteiger partial charge < -0.3 is 14.6 Å². The topological polar surface area (TPSA) is 55.8 Å². The lowest BCUT2D eigenvalue weighted by Crippen LogP contribution is -2.38. The Hall–Kier alpha value is -0.610. The summed E-state index contributed by atoms with van der Waals surface area (Å²) in [6.07, 6.45) is 0. The summed E-state index contributed by atoms with van der Waals surface area (Å²) >= 11 is 0. The highest BCUT2D eigenvalue weighted by Gasteiger charge is 2.41. The molecule has 0 radical (unpaired) electrons. The molecule has 11 heavy (non-hydrogen) atoms. The monoisotopic (exact) mass is 160 g/mol. The molecule has 0 amide bonds. The Labute approximate surface area is 65.1 Å². The first-order valence-electron chi connectivity index (χ1n) is 3.57. The van der Waals surface area contributed by atoms with E-state index in [1.54, 1.807) is 13.8 Å². The minimum atomic E-state index is -0.925. The van der Waals surface area contributed by atoms with Crippen molar-refractivity contribution in [1.29, 1.82) is 0 Å². The van der Waals surface area contributed by atoms with Gasteiger partial charge in [-0.05, 0) is 13.8 Å². The van der Waals surface area contributed by atoms with Crippen LogP contribution in [0.1, 0.15) is 13.8 Å². The second-order valence-corrected chi connectivity index (χ2v) is 2.77. The van der Waals surface area contributed by atoms with Gasteiger partial charge >= 0.3 is 5.97 Å². The zero-order valence-electron chi connectivity index (χ0n) is 6.66. The van der Waals surface area contributed by atoms with Gasteiger partial charge in [-0.3, -0.25) is 4.79 Å². The molecule has 1 aliphatic heterocycles. The van der Waals surface area contributed by atoms with Gasteiger partial charge in [0.25, 0.3) is 0 Å². The Bertz CT molecular complexity index is 160. The quantitative estimate of drug-likeness (QED) is 0.638. The molecule has 0 spiro atoms. The van der Waals surface area contributed by atoms with E-state index in [1.165, 1.54) is 0 Å². The van der Waals surface area contributed by atoms with E-state index in [4.69, 9.17) is 14.6 Å². The third-order valence-corrected chi connectivity index (χ3v) is 2.02. The second kappa shape index (κ2) is 2.79. The van der Waals surface area contributed by atoms with Gasteiger partial charge in [-0.25, -0.2) is 0 Å². The van der Waals surface area contributed by atoms with E-state index < -0.39 is 17.7 Å². The van der Waals surface area contributed by atoms with Crippen LogP contribution in [0.2, 0.25) is 0 Å². The molecule has 0 aromatic carbocycles. The summed E-state index contributed by atoms with van der Waals surface area (Å²) < 4.78 is 10.3. The first-order valence-corrected chi connectivity index (χ1v) is 3.57. The molecule has 0 saturated carbocycles. The van der Waals surface area contributed by atoms with Crippen molar-refractivity contribution in [3.63, 3.8) is 0 Å². The number of hydrogen-bond acceptors (Lipinski definition) is 3. The number of carbonyl (C=O) groups is 1. The minimum absolute atomic E-state index is 0.480. The van der Waals surface area contributed by atoms with Crippen molar-refractivity contribution in [2.45, 2.75) is 19.6 Å². The lowest BCUT2D eigenvalue weighted by molar-refractivity contribution is -0.193. The van der Waals surface area contributed by atoms with E-state index in [9.17, 15) is 4.79 Å². The molecular formula is C7H12O4. The molecule has 0 aromatic heterocycles. The molecule has 1 N–H and O–H groups in total. The number of rotatable bonds is 2. The van der Waals surface area contributed by atoms with Gasteiger partial charge in [-0.2, -0.15) is 0 Å². The van der Waals surface area contributed by atoms with Gasteiger partial charge in [-0.1, -0.05) is 0 Å². The predicted molar refractivity (Wildman–Crippen MR) is 37.1 cm³/mol. The van der Waals surface area contributed by atoms with Crippen molar-refractivity contribution in [2.75, 3.05) is 13.2 Å². The Morgan fingerprint density at radius 3 is 2.36 bits per heavy atom. The molecule has 1 heterocycles. The first kappa shape index (κ1) is 8.49. The zero-order chi connectivity index (χ0) is 8.48. The number of hydrogen-bond donors (Lipinski definition) is 1. The smallest absolute Gasteiger partial charge is 0.311 e. The van der Waals surface area contributed by atoms with Crippen LogP contribution in [0.3, 0.4) is 0 Å². The lowest BCUT2D eigenvalue weighted by Gasteiger charge is -2.25. The van der Waals surface area contributed by atoms with E-state index in [1.807, 2.05) is 0 Å². The van der Waals surface area contributed by atoms with Gasteiger partial charge in [0.15, 0.2) is 5.79 Å². The highest BCUT2D eigenvalue weighted by Crippen LogP contribution is 2.27. The standard InChI is InChI=1S/C7H12O4/c1-5(6(8)9)7(2)10-3-4-11-7/h5H,3-4H2,1-2H3,(H,8,9)/t5-/m1/s1. The van der Waals surface area contributed by atoms with E-state index >= 15 is 0 Å². The summed E-state index contributed by atoms with van der Waals surface area (Å²) in [6.45, 7) is 4.19. The van der Waals surface area contributed by atoms with E-state index in [0.717, 1.165) is 0 Å². The Morgan fingerprint density at radius 1 is 1.55 bits per heavy atom. The predicted octanol–water partition coefficient (Wildman–Crippen LogP) is 0.470. The van der Waals surface area contributed by atoms with Crippen LogP contribution in [-0.4, -0.2) is 30.1 Å². The fourth-order valence-corrected chi connectivity index (χ4v) is 1.00. The second-order valence-electron chi connectivity index (χ2n) is 2.77. The van der Waals surface area contributed by atoms with E-state index in [0.29, 0.717) is 13.2 Å². The van der Waals surface area contributed by atoms with Gasteiger partial charge in [0.05, 0.1) is 13.2 Å². The average Bonchev–Trinajstić information content (AvgIpc) is 2.35. The number of ether oxygens (including phenoxy) is 2. The van der Waals surface area contributed by atoms with Crippen LogP contribution < -0.4 is 0 Å². The summed E-state index contributed by atoms with van der Waals surface area (Å²) in [5, 5.41) is 8.65. The third kappa shape index (κ3) is 1.52. The summed E-state index contributed by atoms with van der Waals surface area (Å²) in [4.78, 5) is 10.5. The highest BCUT2D eigenvalue weighted by molar-refractivity contribution is 5.70. The average molecular weight is 160 g/mol. The minimum Gasteiger partial charge on any atom is -0.481 e. The molecule has 1 saturated heterocycles. The van der Waals surface area contributed by atoms with E-state index in [2.05, 4.69) is 0 Å². The molecular weight excluding hydrogens is 148 g/mol. The summed E-state index contributed by atoms with van der Waals surface area (Å²) in [5.74, 6) is -2.44. The Balaban J connectivity index is 2.63. The van der Waals surface area contributed by atoms with Crippen molar-refractivity contribution >= 4 is 5.97 Å².